The third-order valence-corrected chi connectivity index (χ3v) is 7.60. The summed E-state index contributed by atoms with van der Waals surface area (Å²) in [5.41, 5.74) is 2.45. The summed E-state index contributed by atoms with van der Waals surface area (Å²) in [6, 6.07) is 7.84. The second-order valence-corrected chi connectivity index (χ2v) is 10.8. The number of aryl methyl sites for hydroxylation is 2. The van der Waals surface area contributed by atoms with Crippen molar-refractivity contribution in [2.75, 3.05) is 24.5 Å². The van der Waals surface area contributed by atoms with Crippen LogP contribution >= 0.6 is 0 Å². The quantitative estimate of drug-likeness (QED) is 0.357. The number of fused-ring (bicyclic) bond motifs is 1. The number of nitrogens with zero attached hydrogens (tertiary/aromatic N) is 6. The van der Waals surface area contributed by atoms with Gasteiger partial charge in [0.05, 0.1) is 16.8 Å². The number of rotatable bonds is 5. The third kappa shape index (κ3) is 4.83. The van der Waals surface area contributed by atoms with E-state index in [4.69, 9.17) is 4.98 Å². The Morgan fingerprint density at radius 1 is 1.17 bits per heavy atom. The maximum atomic E-state index is 16.0. The van der Waals surface area contributed by atoms with E-state index in [2.05, 4.69) is 16.5 Å². The molecule has 4 aromatic rings. The minimum absolute atomic E-state index is 0.0256. The van der Waals surface area contributed by atoms with E-state index >= 15 is 4.39 Å². The van der Waals surface area contributed by atoms with Crippen LogP contribution in [0.5, 0.6) is 5.75 Å². The number of carbonyl (C=O) groups is 1. The number of hydrogen-bond donors (Lipinski definition) is 1. The molecule has 0 aliphatic carbocycles. The molecule has 41 heavy (non-hydrogen) atoms. The Morgan fingerprint density at radius 3 is 2.59 bits per heavy atom. The lowest BCUT2D eigenvalue weighted by Crippen LogP contribution is -2.54. The summed E-state index contributed by atoms with van der Waals surface area (Å²) in [7, 11) is 0. The van der Waals surface area contributed by atoms with Crippen molar-refractivity contribution in [2.45, 2.75) is 46.6 Å². The monoisotopic (exact) mass is 556 g/mol. The minimum atomic E-state index is -0.657. The van der Waals surface area contributed by atoms with Gasteiger partial charge in [-0.2, -0.15) is 4.98 Å². The smallest absolute Gasteiger partial charge is 0.355 e. The summed E-state index contributed by atoms with van der Waals surface area (Å²) in [6.07, 6.45) is 2.97. The predicted molar refractivity (Wildman–Crippen MR) is 157 cm³/mol. The van der Waals surface area contributed by atoms with Gasteiger partial charge >= 0.3 is 5.69 Å². The third-order valence-electron chi connectivity index (χ3n) is 7.60. The molecule has 1 amide bonds. The number of piperazine rings is 1. The van der Waals surface area contributed by atoms with Crippen molar-refractivity contribution >= 4 is 22.8 Å². The Morgan fingerprint density at radius 2 is 1.93 bits per heavy atom. The fourth-order valence-electron chi connectivity index (χ4n) is 5.55. The standard InChI is InChI=1S/C31H33FN6O3/c1-7-24(40)36-13-14-37(20(6)16-36)29-21-15-22(32)27(25-18(4)9-8-10-23(25)39)34-30(21)38(31(41)35-29)28-19(5)11-12-33-26(28)17(2)3/h7-12,15,17,20,39H,1,13-14,16H2,2-6H3/t20-/m0/s1. The highest BCUT2D eigenvalue weighted by Crippen LogP contribution is 2.37. The fraction of sp³-hybridized carbons (Fsp3) is 0.323. The van der Waals surface area contributed by atoms with Gasteiger partial charge in [-0.15, -0.1) is 0 Å². The highest BCUT2D eigenvalue weighted by Gasteiger charge is 2.31. The number of amides is 1. The maximum Gasteiger partial charge on any atom is 0.355 e. The summed E-state index contributed by atoms with van der Waals surface area (Å²) in [4.78, 5) is 43.6. The Balaban J connectivity index is 1.83. The van der Waals surface area contributed by atoms with Gasteiger partial charge in [0.15, 0.2) is 11.5 Å². The zero-order valence-corrected chi connectivity index (χ0v) is 23.8. The molecule has 1 aliphatic heterocycles. The molecule has 0 saturated carbocycles. The molecule has 1 N–H and O–H groups in total. The van der Waals surface area contributed by atoms with Gasteiger partial charge in [-0.05, 0) is 62.1 Å². The van der Waals surface area contributed by atoms with Crippen LogP contribution in [0.25, 0.3) is 28.0 Å². The summed E-state index contributed by atoms with van der Waals surface area (Å²) < 4.78 is 17.4. The topological polar surface area (TPSA) is 104 Å². The number of halogens is 1. The average molecular weight is 557 g/mol. The van der Waals surface area contributed by atoms with Gasteiger partial charge < -0.3 is 14.9 Å². The Kier molecular flexibility index (Phi) is 7.33. The van der Waals surface area contributed by atoms with Crippen LogP contribution in [0.3, 0.4) is 0 Å². The number of aromatic nitrogens is 4. The van der Waals surface area contributed by atoms with Crippen molar-refractivity contribution in [3.05, 3.63) is 82.3 Å². The van der Waals surface area contributed by atoms with E-state index in [-0.39, 0.29) is 40.5 Å². The number of hydrogen-bond acceptors (Lipinski definition) is 7. The van der Waals surface area contributed by atoms with Crippen LogP contribution in [-0.2, 0) is 4.79 Å². The molecule has 0 radical (unpaired) electrons. The second kappa shape index (κ2) is 10.8. The van der Waals surface area contributed by atoms with Crippen molar-refractivity contribution in [2.24, 2.45) is 0 Å². The molecule has 1 aromatic carbocycles. The largest absolute Gasteiger partial charge is 0.507 e. The first-order valence-electron chi connectivity index (χ1n) is 13.6. The SMILES string of the molecule is C=CC(=O)N1CCN(c2nc(=O)n(-c3c(C)ccnc3C(C)C)c3nc(-c4c(C)cccc4O)c(F)cc23)[C@@H](C)C1. The van der Waals surface area contributed by atoms with E-state index in [0.29, 0.717) is 47.8 Å². The first kappa shape index (κ1) is 27.9. The molecule has 0 bridgehead atoms. The second-order valence-electron chi connectivity index (χ2n) is 10.8. The molecule has 1 saturated heterocycles. The molecule has 1 atom stereocenters. The summed E-state index contributed by atoms with van der Waals surface area (Å²) in [6.45, 7) is 14.3. The van der Waals surface area contributed by atoms with Crippen LogP contribution in [0.4, 0.5) is 10.2 Å². The molecule has 0 spiro atoms. The molecule has 1 fully saturated rings. The van der Waals surface area contributed by atoms with Gasteiger partial charge in [0.1, 0.15) is 17.3 Å². The van der Waals surface area contributed by atoms with E-state index in [1.807, 2.05) is 38.7 Å². The molecule has 5 rings (SSSR count). The zero-order valence-electron chi connectivity index (χ0n) is 23.8. The number of anilines is 1. The minimum Gasteiger partial charge on any atom is -0.507 e. The first-order valence-corrected chi connectivity index (χ1v) is 13.6. The lowest BCUT2D eigenvalue weighted by molar-refractivity contribution is -0.126. The lowest BCUT2D eigenvalue weighted by Gasteiger charge is -2.40. The van der Waals surface area contributed by atoms with E-state index < -0.39 is 11.5 Å². The average Bonchev–Trinajstić information content (AvgIpc) is 2.93. The number of benzene rings is 1. The Bertz CT molecular complexity index is 1730. The highest BCUT2D eigenvalue weighted by atomic mass is 19.1. The van der Waals surface area contributed by atoms with E-state index in [0.717, 1.165) is 5.56 Å². The van der Waals surface area contributed by atoms with Crippen molar-refractivity contribution in [1.82, 2.24) is 24.4 Å². The number of carbonyl (C=O) groups excluding carboxylic acids is 1. The van der Waals surface area contributed by atoms with Crippen LogP contribution in [0.1, 0.15) is 43.5 Å². The number of phenolic OH excluding ortho intramolecular Hbond substituents is 1. The molecule has 0 unspecified atom stereocenters. The molecular weight excluding hydrogens is 523 g/mol. The highest BCUT2D eigenvalue weighted by molar-refractivity contribution is 5.91. The molecular formula is C31H33FN6O3. The van der Waals surface area contributed by atoms with Crippen molar-refractivity contribution < 1.29 is 14.3 Å². The Labute approximate surface area is 237 Å². The van der Waals surface area contributed by atoms with Gasteiger partial charge in [-0.3, -0.25) is 9.78 Å². The van der Waals surface area contributed by atoms with Gasteiger partial charge in [0.25, 0.3) is 0 Å². The van der Waals surface area contributed by atoms with Crippen LogP contribution in [-0.4, -0.2) is 61.1 Å². The molecule has 9 nitrogen and oxygen atoms in total. The normalized spacial score (nSPS) is 15.5. The number of pyridine rings is 2. The molecule has 3 aromatic heterocycles. The molecule has 10 heteroatoms. The van der Waals surface area contributed by atoms with Crippen LogP contribution in [0.15, 0.2) is 54.0 Å². The van der Waals surface area contributed by atoms with Crippen LogP contribution < -0.4 is 10.6 Å². The zero-order chi connectivity index (χ0) is 29.6. The van der Waals surface area contributed by atoms with Gasteiger partial charge in [-0.1, -0.05) is 32.6 Å². The van der Waals surface area contributed by atoms with E-state index in [1.54, 1.807) is 30.2 Å². The van der Waals surface area contributed by atoms with Gasteiger partial charge in [0.2, 0.25) is 5.91 Å². The predicted octanol–water partition coefficient (Wildman–Crippen LogP) is 4.65. The van der Waals surface area contributed by atoms with Crippen LogP contribution in [0.2, 0.25) is 0 Å². The van der Waals surface area contributed by atoms with Gasteiger partial charge in [0, 0.05) is 37.4 Å². The van der Waals surface area contributed by atoms with Crippen LogP contribution in [0, 0.1) is 19.7 Å². The van der Waals surface area contributed by atoms with Crippen molar-refractivity contribution in [1.29, 1.82) is 0 Å². The lowest BCUT2D eigenvalue weighted by atomic mass is 10.0. The number of aromatic hydroxyl groups is 1. The maximum absolute atomic E-state index is 16.0. The summed E-state index contributed by atoms with van der Waals surface area (Å²) in [5, 5.41) is 11.0. The summed E-state index contributed by atoms with van der Waals surface area (Å²) >= 11 is 0. The molecule has 1 aliphatic rings. The molecule has 4 heterocycles. The molecule has 212 valence electrons. The van der Waals surface area contributed by atoms with Crippen molar-refractivity contribution in [3.8, 4) is 22.7 Å². The van der Waals surface area contributed by atoms with E-state index in [1.165, 1.54) is 22.8 Å². The van der Waals surface area contributed by atoms with Gasteiger partial charge in [-0.25, -0.2) is 18.7 Å². The Hall–Kier alpha value is -4.60. The first-order chi connectivity index (χ1) is 19.5. The van der Waals surface area contributed by atoms with Crippen molar-refractivity contribution in [3.63, 3.8) is 0 Å². The summed E-state index contributed by atoms with van der Waals surface area (Å²) in [5.74, 6) is -0.679. The van der Waals surface area contributed by atoms with E-state index in [9.17, 15) is 14.7 Å². The number of phenols is 1. The fourth-order valence-corrected chi connectivity index (χ4v) is 5.55.